The number of aryl methyl sites for hydroxylation is 3. The Kier molecular flexibility index (Phi) is 7.73. The number of rotatable bonds is 8. The Labute approximate surface area is 285 Å². The van der Waals surface area contributed by atoms with Gasteiger partial charge in [-0.05, 0) is 49.4 Å². The molecule has 3 aliphatic rings. The van der Waals surface area contributed by atoms with Crippen LogP contribution in [0.3, 0.4) is 0 Å². The number of aromatic carboxylic acids is 1. The van der Waals surface area contributed by atoms with Gasteiger partial charge in [-0.15, -0.1) is 0 Å². The minimum atomic E-state index is -1.38. The summed E-state index contributed by atoms with van der Waals surface area (Å²) in [6.07, 6.45) is 3.60. The van der Waals surface area contributed by atoms with Crippen molar-refractivity contribution in [2.45, 2.75) is 51.4 Å². The van der Waals surface area contributed by atoms with E-state index in [0.717, 1.165) is 17.6 Å². The summed E-state index contributed by atoms with van der Waals surface area (Å²) in [6, 6.07) is 12.5. The molecule has 0 amide bonds. The minimum absolute atomic E-state index is 0.0318. The SMILES string of the molecule is Cc1nccn1CCn1c(CN2CCN(c3cccc4c3O[C@@](C)(c3ccc(Cl)cc3F)O4)[C@H]3COC[C@H]32)nc2c(F)cc(C(=O)O)cc21. The first-order valence-corrected chi connectivity index (χ1v) is 16.4. The van der Waals surface area contributed by atoms with Gasteiger partial charge in [0.1, 0.15) is 23.0 Å². The second kappa shape index (κ2) is 12.0. The Morgan fingerprint density at radius 1 is 1.06 bits per heavy atom. The van der Waals surface area contributed by atoms with Gasteiger partial charge in [-0.2, -0.15) is 0 Å². The number of piperazine rings is 1. The lowest BCUT2D eigenvalue weighted by Gasteiger charge is -2.44. The first kappa shape index (κ1) is 31.5. The van der Waals surface area contributed by atoms with Gasteiger partial charge in [0, 0.05) is 50.5 Å². The molecule has 3 aromatic carbocycles. The fraction of sp³-hybridized carbons (Fsp3) is 0.343. The number of para-hydroxylation sites is 1. The van der Waals surface area contributed by atoms with Crippen LogP contribution in [0.2, 0.25) is 5.02 Å². The second-order valence-electron chi connectivity index (χ2n) is 12.7. The van der Waals surface area contributed by atoms with Crippen LogP contribution in [-0.2, 0) is 30.2 Å². The smallest absolute Gasteiger partial charge is 0.335 e. The van der Waals surface area contributed by atoms with Crippen molar-refractivity contribution in [3.05, 3.63) is 100 Å². The highest BCUT2D eigenvalue weighted by Crippen LogP contribution is 2.51. The van der Waals surface area contributed by atoms with Gasteiger partial charge in [-0.1, -0.05) is 17.7 Å². The highest BCUT2D eigenvalue weighted by atomic mass is 35.5. The third kappa shape index (κ3) is 5.45. The minimum Gasteiger partial charge on any atom is -0.478 e. The maximum absolute atomic E-state index is 15.3. The van der Waals surface area contributed by atoms with Gasteiger partial charge in [0.05, 0.1) is 54.2 Å². The number of ether oxygens (including phenoxy) is 3. The first-order valence-electron chi connectivity index (χ1n) is 16.0. The van der Waals surface area contributed by atoms with Gasteiger partial charge in [-0.3, -0.25) is 4.90 Å². The molecule has 0 saturated carbocycles. The van der Waals surface area contributed by atoms with Gasteiger partial charge < -0.3 is 33.4 Å². The average molecular weight is 691 g/mol. The highest BCUT2D eigenvalue weighted by molar-refractivity contribution is 6.30. The lowest BCUT2D eigenvalue weighted by atomic mass is 10.0. The Hall–Kier alpha value is -4.72. The number of hydrogen-bond donors (Lipinski definition) is 1. The van der Waals surface area contributed by atoms with Gasteiger partial charge >= 0.3 is 5.97 Å². The molecule has 11 nitrogen and oxygen atoms in total. The van der Waals surface area contributed by atoms with E-state index >= 15 is 8.78 Å². The maximum Gasteiger partial charge on any atom is 0.335 e. The lowest BCUT2D eigenvalue weighted by Crippen LogP contribution is -2.59. The van der Waals surface area contributed by atoms with E-state index in [0.29, 0.717) is 68.8 Å². The zero-order valence-electron chi connectivity index (χ0n) is 26.8. The summed E-state index contributed by atoms with van der Waals surface area (Å²) in [4.78, 5) is 25.4. The van der Waals surface area contributed by atoms with Crippen LogP contribution in [0.5, 0.6) is 11.5 Å². The molecule has 3 atom stereocenters. The number of carboxylic acids is 1. The number of fused-ring (bicyclic) bond motifs is 3. The standard InChI is InChI=1S/C35H33ClF2N6O5/c1-20-39-8-9-41(20)10-13-44-27-15-21(34(45)46)14-25(38)32(27)40-31(44)17-42-11-12-43(29-19-47-18-28(29)42)26-4-3-5-30-33(26)49-35(2,48-30)23-7-6-22(36)16-24(23)37/h3-9,14-16,28-29H,10-13,17-19H2,1-2H3,(H,45,46)/t28-,29+,35+/m1/s1. The molecule has 49 heavy (non-hydrogen) atoms. The molecule has 5 aromatic rings. The molecule has 254 valence electrons. The van der Waals surface area contributed by atoms with Crippen LogP contribution in [0.4, 0.5) is 14.5 Å². The van der Waals surface area contributed by atoms with E-state index in [1.54, 1.807) is 25.3 Å². The van der Waals surface area contributed by atoms with Gasteiger partial charge in [0.15, 0.2) is 17.3 Å². The zero-order chi connectivity index (χ0) is 34.0. The average Bonchev–Trinajstić information content (AvgIpc) is 3.85. The van der Waals surface area contributed by atoms with Crippen molar-refractivity contribution < 1.29 is 32.9 Å². The van der Waals surface area contributed by atoms with Crippen LogP contribution in [0.15, 0.2) is 60.9 Å². The molecular formula is C35H33ClF2N6O5. The summed E-state index contributed by atoms with van der Waals surface area (Å²) in [6.45, 7) is 7.18. The van der Waals surface area contributed by atoms with Gasteiger partial charge in [0.2, 0.25) is 0 Å². The molecule has 0 bridgehead atoms. The number of carboxylic acid groups (broad SMARTS) is 1. The molecule has 5 heterocycles. The monoisotopic (exact) mass is 690 g/mol. The number of hydrogen-bond acceptors (Lipinski definition) is 8. The largest absolute Gasteiger partial charge is 0.478 e. The van der Waals surface area contributed by atoms with E-state index < -0.39 is 23.4 Å². The van der Waals surface area contributed by atoms with E-state index in [9.17, 15) is 9.90 Å². The van der Waals surface area contributed by atoms with Crippen LogP contribution in [-0.4, -0.2) is 73.5 Å². The van der Waals surface area contributed by atoms with Gasteiger partial charge in [0.25, 0.3) is 5.79 Å². The van der Waals surface area contributed by atoms with Crippen molar-refractivity contribution in [2.75, 3.05) is 31.2 Å². The van der Waals surface area contributed by atoms with Crippen LogP contribution < -0.4 is 14.4 Å². The first-order chi connectivity index (χ1) is 23.6. The van der Waals surface area contributed by atoms with E-state index in [1.165, 1.54) is 12.1 Å². The molecule has 8 rings (SSSR count). The Bertz CT molecular complexity index is 2100. The summed E-state index contributed by atoms with van der Waals surface area (Å²) in [5.41, 5.74) is 1.49. The lowest BCUT2D eigenvalue weighted by molar-refractivity contribution is -0.0705. The van der Waals surface area contributed by atoms with Crippen LogP contribution >= 0.6 is 11.6 Å². The topological polar surface area (TPSA) is 107 Å². The van der Waals surface area contributed by atoms with Crippen molar-refractivity contribution in [3.63, 3.8) is 0 Å². The molecule has 0 spiro atoms. The van der Waals surface area contributed by atoms with E-state index in [2.05, 4.69) is 14.8 Å². The Balaban J connectivity index is 1.08. The molecule has 14 heteroatoms. The fourth-order valence-corrected chi connectivity index (χ4v) is 7.46. The van der Waals surface area contributed by atoms with Crippen molar-refractivity contribution in [1.82, 2.24) is 24.0 Å². The third-order valence-electron chi connectivity index (χ3n) is 9.77. The summed E-state index contributed by atoms with van der Waals surface area (Å²) in [5.74, 6) is -1.28. The van der Waals surface area contributed by atoms with E-state index in [4.69, 9.17) is 30.8 Å². The number of benzene rings is 3. The number of carbonyl (C=O) groups is 1. The number of anilines is 1. The molecule has 2 aromatic heterocycles. The van der Waals surface area contributed by atoms with Crippen molar-refractivity contribution >= 4 is 34.3 Å². The second-order valence-corrected chi connectivity index (χ2v) is 13.1. The van der Waals surface area contributed by atoms with E-state index in [-0.39, 0.29) is 33.7 Å². The van der Waals surface area contributed by atoms with Crippen molar-refractivity contribution in [3.8, 4) is 11.5 Å². The van der Waals surface area contributed by atoms with E-state index in [1.807, 2.05) is 40.5 Å². The predicted molar refractivity (Wildman–Crippen MR) is 176 cm³/mol. The molecule has 0 radical (unpaired) electrons. The molecular weight excluding hydrogens is 658 g/mol. The number of aromatic nitrogens is 4. The third-order valence-corrected chi connectivity index (χ3v) is 10.0. The fourth-order valence-electron chi connectivity index (χ4n) is 7.30. The zero-order valence-corrected chi connectivity index (χ0v) is 27.5. The quantitative estimate of drug-likeness (QED) is 0.223. The maximum atomic E-state index is 15.3. The van der Waals surface area contributed by atoms with Crippen molar-refractivity contribution in [1.29, 1.82) is 0 Å². The molecule has 0 aliphatic carbocycles. The number of nitrogens with zero attached hydrogens (tertiary/aromatic N) is 6. The molecule has 3 aliphatic heterocycles. The summed E-state index contributed by atoms with van der Waals surface area (Å²) in [7, 11) is 0. The highest BCUT2D eigenvalue weighted by Gasteiger charge is 2.46. The molecule has 2 saturated heterocycles. The molecule has 0 unspecified atom stereocenters. The summed E-state index contributed by atoms with van der Waals surface area (Å²) >= 11 is 6.00. The Morgan fingerprint density at radius 3 is 2.67 bits per heavy atom. The summed E-state index contributed by atoms with van der Waals surface area (Å²) < 4.78 is 52.9. The van der Waals surface area contributed by atoms with Gasteiger partial charge in [-0.25, -0.2) is 23.5 Å². The van der Waals surface area contributed by atoms with Crippen LogP contribution in [0.1, 0.15) is 34.5 Å². The van der Waals surface area contributed by atoms with Crippen molar-refractivity contribution in [2.24, 2.45) is 0 Å². The summed E-state index contributed by atoms with van der Waals surface area (Å²) in [5, 5.41) is 9.94. The predicted octanol–water partition coefficient (Wildman–Crippen LogP) is 5.60. The Morgan fingerprint density at radius 2 is 1.90 bits per heavy atom. The van der Waals surface area contributed by atoms with Crippen LogP contribution in [0.25, 0.3) is 11.0 Å². The molecule has 2 fully saturated rings. The molecule has 1 N–H and O–H groups in total. The normalized spacial score (nSPS) is 21.9. The number of halogens is 3. The van der Waals surface area contributed by atoms with Crippen LogP contribution in [0, 0.1) is 18.6 Å². The number of imidazole rings is 2.